The molecule has 4 heteroatoms. The summed E-state index contributed by atoms with van der Waals surface area (Å²) in [6.45, 7) is 4.77. The predicted octanol–water partition coefficient (Wildman–Crippen LogP) is 3.09. The normalized spacial score (nSPS) is 23.7. The summed E-state index contributed by atoms with van der Waals surface area (Å²) in [4.78, 5) is 5.72. The molecule has 0 amide bonds. The van der Waals surface area contributed by atoms with Crippen LogP contribution in [0.3, 0.4) is 0 Å². The third-order valence-electron chi connectivity index (χ3n) is 5.53. The Morgan fingerprint density at radius 2 is 1.86 bits per heavy atom. The Morgan fingerprint density at radius 1 is 1.19 bits per heavy atom. The zero-order valence-electron chi connectivity index (χ0n) is 13.2. The van der Waals surface area contributed by atoms with Crippen LogP contribution in [-0.2, 0) is 12.8 Å². The van der Waals surface area contributed by atoms with Crippen molar-refractivity contribution in [2.45, 2.75) is 69.9 Å². The molecule has 1 aliphatic heterocycles. The zero-order chi connectivity index (χ0) is 14.7. The first-order valence-electron chi connectivity index (χ1n) is 8.57. The summed E-state index contributed by atoms with van der Waals surface area (Å²) in [5.74, 6) is 6.02. The van der Waals surface area contributed by atoms with E-state index in [-0.39, 0.29) is 0 Å². The van der Waals surface area contributed by atoms with Crippen molar-refractivity contribution in [3.05, 3.63) is 21.9 Å². The highest BCUT2D eigenvalue weighted by Gasteiger charge is 2.46. The second-order valence-corrected chi connectivity index (χ2v) is 7.90. The van der Waals surface area contributed by atoms with Crippen LogP contribution in [0.4, 0.5) is 0 Å². The molecule has 1 saturated carbocycles. The third kappa shape index (κ3) is 3.04. The van der Waals surface area contributed by atoms with Crippen molar-refractivity contribution < 1.29 is 0 Å². The molecule has 0 spiro atoms. The number of thiophene rings is 1. The average molecular weight is 308 g/mol. The maximum atomic E-state index is 6.02. The average Bonchev–Trinajstić information content (AvgIpc) is 3.24. The van der Waals surface area contributed by atoms with Crippen LogP contribution in [0.15, 0.2) is 12.1 Å². The van der Waals surface area contributed by atoms with Gasteiger partial charge in [0.2, 0.25) is 0 Å². The van der Waals surface area contributed by atoms with Gasteiger partial charge in [-0.05, 0) is 57.3 Å². The van der Waals surface area contributed by atoms with Crippen LogP contribution in [0.25, 0.3) is 0 Å². The number of hydrogen-bond acceptors (Lipinski definition) is 4. The number of hydrogen-bond donors (Lipinski definition) is 2. The fourth-order valence-electron chi connectivity index (χ4n) is 4.36. The van der Waals surface area contributed by atoms with Gasteiger partial charge in [0, 0.05) is 27.8 Å². The molecule has 1 saturated heterocycles. The van der Waals surface area contributed by atoms with Gasteiger partial charge in [-0.15, -0.1) is 11.3 Å². The molecule has 2 aliphatic rings. The molecule has 2 heterocycles. The SMILES string of the molecule is CCc1ccc(CC(NN)C2(N3CCCC3)CCCC2)s1. The van der Waals surface area contributed by atoms with Gasteiger partial charge >= 0.3 is 0 Å². The number of hydrazine groups is 1. The summed E-state index contributed by atoms with van der Waals surface area (Å²) in [7, 11) is 0. The number of nitrogens with one attached hydrogen (secondary N) is 1. The molecule has 118 valence electrons. The summed E-state index contributed by atoms with van der Waals surface area (Å²) in [6, 6.07) is 4.98. The highest BCUT2D eigenvalue weighted by atomic mass is 32.1. The highest BCUT2D eigenvalue weighted by Crippen LogP contribution is 2.41. The molecule has 1 atom stereocenters. The van der Waals surface area contributed by atoms with Crippen molar-refractivity contribution in [1.82, 2.24) is 10.3 Å². The van der Waals surface area contributed by atoms with E-state index in [0.29, 0.717) is 11.6 Å². The fourth-order valence-corrected chi connectivity index (χ4v) is 5.37. The maximum absolute atomic E-state index is 6.02. The molecule has 0 radical (unpaired) electrons. The van der Waals surface area contributed by atoms with Gasteiger partial charge in [0.1, 0.15) is 0 Å². The molecule has 3 rings (SSSR count). The van der Waals surface area contributed by atoms with E-state index in [1.165, 1.54) is 61.4 Å². The van der Waals surface area contributed by atoms with Gasteiger partial charge < -0.3 is 0 Å². The molecule has 2 fully saturated rings. The largest absolute Gasteiger partial charge is 0.296 e. The zero-order valence-corrected chi connectivity index (χ0v) is 14.1. The van der Waals surface area contributed by atoms with E-state index in [9.17, 15) is 0 Å². The van der Waals surface area contributed by atoms with E-state index >= 15 is 0 Å². The standard InChI is InChI=1S/C17H29N3S/c1-2-14-7-8-15(21-14)13-16(19-18)17(9-3-4-10-17)20-11-5-6-12-20/h7-8,16,19H,2-6,9-13,18H2,1H3. The van der Waals surface area contributed by atoms with E-state index in [1.54, 1.807) is 0 Å². The summed E-state index contributed by atoms with van der Waals surface area (Å²) in [5.41, 5.74) is 3.51. The Bertz CT molecular complexity index is 445. The minimum atomic E-state index is 0.307. The molecule has 1 aliphatic carbocycles. The Labute approximate surface area is 132 Å². The Kier molecular flexibility index (Phi) is 4.99. The van der Waals surface area contributed by atoms with Gasteiger partial charge in [0.25, 0.3) is 0 Å². The topological polar surface area (TPSA) is 41.3 Å². The van der Waals surface area contributed by atoms with Gasteiger partial charge in [-0.3, -0.25) is 16.2 Å². The van der Waals surface area contributed by atoms with Crippen molar-refractivity contribution in [1.29, 1.82) is 0 Å². The van der Waals surface area contributed by atoms with Crippen LogP contribution in [0.5, 0.6) is 0 Å². The van der Waals surface area contributed by atoms with Crippen LogP contribution >= 0.6 is 11.3 Å². The van der Waals surface area contributed by atoms with E-state index in [4.69, 9.17) is 5.84 Å². The van der Waals surface area contributed by atoms with Crippen LogP contribution in [-0.4, -0.2) is 29.6 Å². The minimum Gasteiger partial charge on any atom is -0.296 e. The molecule has 0 aromatic carbocycles. The second kappa shape index (κ2) is 6.78. The first-order chi connectivity index (χ1) is 10.3. The van der Waals surface area contributed by atoms with Crippen molar-refractivity contribution in [3.8, 4) is 0 Å². The van der Waals surface area contributed by atoms with Crippen LogP contribution in [0.2, 0.25) is 0 Å². The number of rotatable bonds is 6. The lowest BCUT2D eigenvalue weighted by atomic mass is 9.84. The molecular weight excluding hydrogens is 278 g/mol. The van der Waals surface area contributed by atoms with E-state index in [0.717, 1.165) is 12.8 Å². The molecule has 21 heavy (non-hydrogen) atoms. The van der Waals surface area contributed by atoms with Gasteiger partial charge in [0.05, 0.1) is 0 Å². The van der Waals surface area contributed by atoms with E-state index in [2.05, 4.69) is 29.4 Å². The van der Waals surface area contributed by atoms with Crippen molar-refractivity contribution in [3.63, 3.8) is 0 Å². The van der Waals surface area contributed by atoms with Crippen LogP contribution in [0.1, 0.15) is 55.2 Å². The van der Waals surface area contributed by atoms with Crippen molar-refractivity contribution in [2.24, 2.45) is 5.84 Å². The maximum Gasteiger partial charge on any atom is 0.0442 e. The molecule has 1 aromatic rings. The van der Waals surface area contributed by atoms with Gasteiger partial charge in [-0.1, -0.05) is 19.8 Å². The fraction of sp³-hybridized carbons (Fsp3) is 0.765. The number of likely N-dealkylation sites (tertiary alicyclic amines) is 1. The Morgan fingerprint density at radius 3 is 2.43 bits per heavy atom. The molecular formula is C17H29N3S. The molecule has 3 nitrogen and oxygen atoms in total. The van der Waals surface area contributed by atoms with Gasteiger partial charge in [-0.2, -0.15) is 0 Å². The van der Waals surface area contributed by atoms with Gasteiger partial charge in [-0.25, -0.2) is 0 Å². The first kappa shape index (κ1) is 15.5. The summed E-state index contributed by atoms with van der Waals surface area (Å²) < 4.78 is 0. The molecule has 1 aromatic heterocycles. The van der Waals surface area contributed by atoms with Gasteiger partial charge in [0.15, 0.2) is 0 Å². The van der Waals surface area contributed by atoms with E-state index < -0.39 is 0 Å². The quantitative estimate of drug-likeness (QED) is 0.627. The molecule has 1 unspecified atom stereocenters. The smallest absolute Gasteiger partial charge is 0.0442 e. The van der Waals surface area contributed by atoms with E-state index in [1.807, 2.05) is 11.3 Å². The van der Waals surface area contributed by atoms with Crippen LogP contribution < -0.4 is 11.3 Å². The summed E-state index contributed by atoms with van der Waals surface area (Å²) in [5, 5.41) is 0. The first-order valence-corrected chi connectivity index (χ1v) is 9.39. The Balaban J connectivity index is 1.78. The number of nitrogens with zero attached hydrogens (tertiary/aromatic N) is 1. The lowest BCUT2D eigenvalue weighted by Gasteiger charge is -2.45. The highest BCUT2D eigenvalue weighted by molar-refractivity contribution is 7.11. The monoisotopic (exact) mass is 307 g/mol. The minimum absolute atomic E-state index is 0.307. The third-order valence-corrected chi connectivity index (χ3v) is 6.78. The molecule has 3 N–H and O–H groups in total. The Hall–Kier alpha value is -0.420. The summed E-state index contributed by atoms with van der Waals surface area (Å²) >= 11 is 1.96. The lowest BCUT2D eigenvalue weighted by molar-refractivity contribution is 0.0769. The molecule has 0 bridgehead atoms. The predicted molar refractivity (Wildman–Crippen MR) is 90.5 cm³/mol. The van der Waals surface area contributed by atoms with Crippen molar-refractivity contribution >= 4 is 11.3 Å². The number of nitrogens with two attached hydrogens (primary N) is 1. The lowest BCUT2D eigenvalue weighted by Crippen LogP contribution is -2.61. The van der Waals surface area contributed by atoms with Crippen molar-refractivity contribution in [2.75, 3.05) is 13.1 Å². The number of aryl methyl sites for hydroxylation is 1. The second-order valence-electron chi connectivity index (χ2n) is 6.65. The summed E-state index contributed by atoms with van der Waals surface area (Å²) in [6.07, 6.45) is 10.3. The van der Waals surface area contributed by atoms with Crippen LogP contribution in [0, 0.1) is 0 Å².